The van der Waals surface area contributed by atoms with Gasteiger partial charge in [-0.1, -0.05) is 44.0 Å². The van der Waals surface area contributed by atoms with Gasteiger partial charge in [-0.15, -0.1) is 0 Å². The van der Waals surface area contributed by atoms with Crippen molar-refractivity contribution in [3.05, 3.63) is 104 Å². The van der Waals surface area contributed by atoms with Gasteiger partial charge in [-0.25, -0.2) is 4.79 Å². The summed E-state index contributed by atoms with van der Waals surface area (Å²) >= 11 is 6.86. The first-order chi connectivity index (χ1) is 13.6. The summed E-state index contributed by atoms with van der Waals surface area (Å²) in [6.45, 7) is 0. The van der Waals surface area contributed by atoms with Crippen LogP contribution in [-0.4, -0.2) is 9.13 Å². The second kappa shape index (κ2) is 7.63. The summed E-state index contributed by atoms with van der Waals surface area (Å²) in [7, 11) is 0. The van der Waals surface area contributed by atoms with Crippen LogP contribution in [0.1, 0.15) is 5.56 Å². The smallest absolute Gasteiger partial charge is 0.267 e. The van der Waals surface area contributed by atoms with Crippen LogP contribution in [-0.2, 0) is 0 Å². The molecule has 0 aliphatic carbocycles. The van der Waals surface area contributed by atoms with Crippen molar-refractivity contribution in [3.8, 4) is 28.7 Å². The van der Waals surface area contributed by atoms with Crippen molar-refractivity contribution in [3.63, 3.8) is 0 Å². The molecule has 3 aromatic carbocycles. The van der Waals surface area contributed by atoms with Crippen LogP contribution in [0.2, 0.25) is 0 Å². The SMILES string of the molecule is N#Cc1cccc(-c2cn(-c3ccc(Br)cc3)c(=O)n2-c2ccc(Br)cc2)c1. The van der Waals surface area contributed by atoms with E-state index < -0.39 is 0 Å². The maximum absolute atomic E-state index is 13.3. The lowest BCUT2D eigenvalue weighted by atomic mass is 10.1. The number of rotatable bonds is 3. The number of benzene rings is 3. The number of hydrogen-bond donors (Lipinski definition) is 0. The average molecular weight is 495 g/mol. The standard InChI is InChI=1S/C22H13Br2N3O/c23-17-4-8-19(9-5-17)26-14-21(16-3-1-2-15(12-16)13-25)27(22(26)28)20-10-6-18(24)7-11-20/h1-12,14H. The Hall–Kier alpha value is -2.88. The van der Waals surface area contributed by atoms with Gasteiger partial charge in [0.15, 0.2) is 0 Å². The predicted molar refractivity (Wildman–Crippen MR) is 117 cm³/mol. The van der Waals surface area contributed by atoms with Crippen LogP contribution in [0.5, 0.6) is 0 Å². The van der Waals surface area contributed by atoms with Gasteiger partial charge in [-0.05, 0) is 60.7 Å². The molecule has 28 heavy (non-hydrogen) atoms. The van der Waals surface area contributed by atoms with Crippen LogP contribution in [0.4, 0.5) is 0 Å². The topological polar surface area (TPSA) is 50.7 Å². The molecule has 0 N–H and O–H groups in total. The maximum atomic E-state index is 13.3. The maximum Gasteiger partial charge on any atom is 0.337 e. The molecule has 0 radical (unpaired) electrons. The lowest BCUT2D eigenvalue weighted by molar-refractivity contribution is 0.911. The first-order valence-electron chi connectivity index (χ1n) is 8.43. The van der Waals surface area contributed by atoms with Gasteiger partial charge in [0.1, 0.15) is 0 Å². The summed E-state index contributed by atoms with van der Waals surface area (Å²) in [6, 6.07) is 24.5. The van der Waals surface area contributed by atoms with Gasteiger partial charge in [0.05, 0.1) is 28.7 Å². The fourth-order valence-electron chi connectivity index (χ4n) is 3.02. The largest absolute Gasteiger partial charge is 0.337 e. The molecule has 0 aliphatic rings. The van der Waals surface area contributed by atoms with E-state index in [0.29, 0.717) is 11.3 Å². The molecule has 0 spiro atoms. The average Bonchev–Trinajstić information content (AvgIpc) is 3.06. The van der Waals surface area contributed by atoms with E-state index in [0.717, 1.165) is 25.9 Å². The Morgan fingerprint density at radius 2 is 1.43 bits per heavy atom. The fourth-order valence-corrected chi connectivity index (χ4v) is 3.55. The van der Waals surface area contributed by atoms with Crippen LogP contribution in [0, 0.1) is 11.3 Å². The molecular formula is C22H13Br2N3O. The van der Waals surface area contributed by atoms with Crippen molar-refractivity contribution in [1.29, 1.82) is 5.26 Å². The quantitative estimate of drug-likeness (QED) is 0.367. The number of hydrogen-bond acceptors (Lipinski definition) is 2. The minimum absolute atomic E-state index is 0.179. The fraction of sp³-hybridized carbons (Fsp3) is 0. The van der Waals surface area contributed by atoms with Crippen LogP contribution in [0.15, 0.2) is 92.7 Å². The summed E-state index contributed by atoms with van der Waals surface area (Å²) in [5, 5.41) is 9.26. The van der Waals surface area contributed by atoms with Crippen LogP contribution < -0.4 is 5.69 Å². The summed E-state index contributed by atoms with van der Waals surface area (Å²) < 4.78 is 5.15. The first-order valence-corrected chi connectivity index (χ1v) is 10.0. The normalized spacial score (nSPS) is 10.6. The Bertz CT molecular complexity index is 1250. The molecular weight excluding hydrogens is 482 g/mol. The van der Waals surface area contributed by atoms with Crippen molar-refractivity contribution >= 4 is 31.9 Å². The third-order valence-electron chi connectivity index (χ3n) is 4.37. The summed E-state index contributed by atoms with van der Waals surface area (Å²) in [5.74, 6) is 0. The van der Waals surface area contributed by atoms with Crippen LogP contribution in [0.3, 0.4) is 0 Å². The zero-order valence-electron chi connectivity index (χ0n) is 14.5. The van der Waals surface area contributed by atoms with E-state index in [9.17, 15) is 10.1 Å². The Labute approximate surface area is 178 Å². The van der Waals surface area contributed by atoms with Gasteiger partial charge in [-0.3, -0.25) is 9.13 Å². The molecule has 0 saturated heterocycles. The Morgan fingerprint density at radius 3 is 2.04 bits per heavy atom. The molecule has 0 unspecified atom stereocenters. The molecule has 4 aromatic rings. The Morgan fingerprint density at radius 1 is 0.821 bits per heavy atom. The highest BCUT2D eigenvalue weighted by molar-refractivity contribution is 9.10. The molecule has 136 valence electrons. The number of nitriles is 1. The van der Waals surface area contributed by atoms with E-state index in [1.165, 1.54) is 0 Å². The van der Waals surface area contributed by atoms with Crippen molar-refractivity contribution in [2.75, 3.05) is 0 Å². The van der Waals surface area contributed by atoms with Crippen LogP contribution in [0.25, 0.3) is 22.6 Å². The zero-order valence-corrected chi connectivity index (χ0v) is 17.7. The molecule has 0 aliphatic heterocycles. The van der Waals surface area contributed by atoms with Crippen molar-refractivity contribution in [2.45, 2.75) is 0 Å². The third kappa shape index (κ3) is 3.47. The van der Waals surface area contributed by atoms with Gasteiger partial charge in [0.25, 0.3) is 0 Å². The van der Waals surface area contributed by atoms with Gasteiger partial charge >= 0.3 is 5.69 Å². The van der Waals surface area contributed by atoms with Gasteiger partial charge < -0.3 is 0 Å². The van der Waals surface area contributed by atoms with Gasteiger partial charge in [0, 0.05) is 20.7 Å². The Kier molecular flexibility index (Phi) is 5.03. The van der Waals surface area contributed by atoms with Crippen molar-refractivity contribution in [2.24, 2.45) is 0 Å². The summed E-state index contributed by atoms with van der Waals surface area (Å²) in [6.07, 6.45) is 1.81. The molecule has 0 bridgehead atoms. The highest BCUT2D eigenvalue weighted by Gasteiger charge is 2.16. The minimum atomic E-state index is -0.179. The molecule has 6 heteroatoms. The molecule has 1 heterocycles. The molecule has 4 rings (SSSR count). The molecule has 4 nitrogen and oxygen atoms in total. The number of nitrogens with zero attached hydrogens (tertiary/aromatic N) is 3. The molecule has 0 atom stereocenters. The van der Waals surface area contributed by atoms with Crippen molar-refractivity contribution < 1.29 is 0 Å². The highest BCUT2D eigenvalue weighted by atomic mass is 79.9. The third-order valence-corrected chi connectivity index (χ3v) is 5.42. The highest BCUT2D eigenvalue weighted by Crippen LogP contribution is 2.25. The van der Waals surface area contributed by atoms with E-state index in [-0.39, 0.29) is 5.69 Å². The summed E-state index contributed by atoms with van der Waals surface area (Å²) in [5.41, 5.74) is 3.40. The van der Waals surface area contributed by atoms with E-state index in [1.807, 2.05) is 66.9 Å². The second-order valence-corrected chi connectivity index (χ2v) is 7.98. The summed E-state index contributed by atoms with van der Waals surface area (Å²) in [4.78, 5) is 13.3. The van der Waals surface area contributed by atoms with Gasteiger partial charge in [0.2, 0.25) is 0 Å². The molecule has 1 aromatic heterocycles. The van der Waals surface area contributed by atoms with E-state index >= 15 is 0 Å². The monoisotopic (exact) mass is 493 g/mol. The zero-order chi connectivity index (χ0) is 19.7. The molecule has 0 saturated carbocycles. The van der Waals surface area contributed by atoms with E-state index in [1.54, 1.807) is 21.3 Å². The minimum Gasteiger partial charge on any atom is -0.267 e. The van der Waals surface area contributed by atoms with E-state index in [2.05, 4.69) is 37.9 Å². The molecule has 0 fully saturated rings. The molecule has 0 amide bonds. The lowest BCUT2D eigenvalue weighted by Gasteiger charge is -2.08. The lowest BCUT2D eigenvalue weighted by Crippen LogP contribution is -2.22. The van der Waals surface area contributed by atoms with Crippen molar-refractivity contribution in [1.82, 2.24) is 9.13 Å². The number of halogens is 2. The number of imidazole rings is 1. The number of aromatic nitrogens is 2. The van der Waals surface area contributed by atoms with E-state index in [4.69, 9.17) is 0 Å². The Balaban J connectivity index is 1.99. The van der Waals surface area contributed by atoms with Gasteiger partial charge in [-0.2, -0.15) is 5.26 Å². The predicted octanol–water partition coefficient (Wildman–Crippen LogP) is 5.69. The van der Waals surface area contributed by atoms with Crippen LogP contribution >= 0.6 is 31.9 Å². The first kappa shape index (κ1) is 18.5. The second-order valence-electron chi connectivity index (χ2n) is 6.15.